The molecule has 1 saturated heterocycles. The summed E-state index contributed by atoms with van der Waals surface area (Å²) >= 11 is 0. The molecule has 30 heavy (non-hydrogen) atoms. The molecule has 1 fully saturated rings. The van der Waals surface area contributed by atoms with E-state index in [0.717, 1.165) is 32.8 Å². The van der Waals surface area contributed by atoms with E-state index in [2.05, 4.69) is 34.4 Å². The van der Waals surface area contributed by atoms with Crippen molar-refractivity contribution in [3.05, 3.63) is 35.4 Å². The molecule has 2 unspecified atom stereocenters. The Morgan fingerprint density at radius 2 is 1.70 bits per heavy atom. The number of guanidine groups is 1. The third-order valence-electron chi connectivity index (χ3n) is 5.41. The average molecular weight is 539 g/mol. The van der Waals surface area contributed by atoms with E-state index in [-0.39, 0.29) is 29.5 Å². The Kier molecular flexibility index (Phi) is 12.0. The Bertz CT molecular complexity index is 649. The van der Waals surface area contributed by atoms with Gasteiger partial charge in [0.05, 0.1) is 19.3 Å². The molecule has 1 aliphatic rings. The van der Waals surface area contributed by atoms with E-state index in [1.165, 1.54) is 18.2 Å². The largest absolute Gasteiger partial charge is 0.379 e. The zero-order chi connectivity index (χ0) is 21.4. The maximum atomic E-state index is 14.3. The average Bonchev–Trinajstić information content (AvgIpc) is 2.68. The lowest BCUT2D eigenvalue weighted by Crippen LogP contribution is -2.53. The van der Waals surface area contributed by atoms with Gasteiger partial charge in [-0.1, -0.05) is 19.9 Å². The molecule has 0 aliphatic carbocycles. The van der Waals surface area contributed by atoms with Gasteiger partial charge in [-0.05, 0) is 32.1 Å². The summed E-state index contributed by atoms with van der Waals surface area (Å²) < 4.78 is 34.0. The van der Waals surface area contributed by atoms with E-state index in [4.69, 9.17) is 4.74 Å². The highest BCUT2D eigenvalue weighted by Gasteiger charge is 2.25. The van der Waals surface area contributed by atoms with Crippen LogP contribution in [0.15, 0.2) is 23.2 Å². The van der Waals surface area contributed by atoms with Crippen LogP contribution in [0.1, 0.15) is 25.5 Å². The zero-order valence-corrected chi connectivity index (χ0v) is 21.0. The molecule has 0 radical (unpaired) electrons. The topological polar surface area (TPSA) is 52.1 Å². The van der Waals surface area contributed by atoms with Gasteiger partial charge in [-0.2, -0.15) is 0 Å². The van der Waals surface area contributed by atoms with E-state index in [0.29, 0.717) is 24.5 Å². The van der Waals surface area contributed by atoms with Crippen molar-refractivity contribution in [2.24, 2.45) is 10.9 Å². The predicted molar refractivity (Wildman–Crippen MR) is 129 cm³/mol. The normalized spacial score (nSPS) is 17.6. The summed E-state index contributed by atoms with van der Waals surface area (Å²) in [5.41, 5.74) is 0.0637. The number of morpholine rings is 1. The van der Waals surface area contributed by atoms with Crippen molar-refractivity contribution < 1.29 is 13.5 Å². The molecule has 6 nitrogen and oxygen atoms in total. The molecule has 1 heterocycles. The first-order valence-electron chi connectivity index (χ1n) is 10.2. The first kappa shape index (κ1) is 27.0. The van der Waals surface area contributed by atoms with Crippen LogP contribution >= 0.6 is 24.0 Å². The van der Waals surface area contributed by atoms with Gasteiger partial charge in [0, 0.05) is 44.8 Å². The Morgan fingerprint density at radius 3 is 2.20 bits per heavy atom. The molecule has 9 heteroatoms. The van der Waals surface area contributed by atoms with E-state index in [9.17, 15) is 8.78 Å². The third kappa shape index (κ3) is 7.58. The number of nitrogens with zero attached hydrogens (tertiary/aromatic N) is 3. The highest BCUT2D eigenvalue weighted by atomic mass is 127. The van der Waals surface area contributed by atoms with Gasteiger partial charge < -0.3 is 20.3 Å². The van der Waals surface area contributed by atoms with E-state index in [1.54, 1.807) is 11.9 Å². The van der Waals surface area contributed by atoms with Crippen molar-refractivity contribution >= 4 is 29.9 Å². The molecule has 0 aromatic heterocycles. The van der Waals surface area contributed by atoms with Gasteiger partial charge in [0.25, 0.3) is 0 Å². The molecule has 2 N–H and O–H groups in total. The van der Waals surface area contributed by atoms with Crippen LogP contribution in [0.5, 0.6) is 0 Å². The molecule has 1 aromatic rings. The summed E-state index contributed by atoms with van der Waals surface area (Å²) in [6, 6.07) is 3.85. The van der Waals surface area contributed by atoms with E-state index >= 15 is 0 Å². The van der Waals surface area contributed by atoms with Gasteiger partial charge in [-0.15, -0.1) is 24.0 Å². The number of nitrogens with one attached hydrogen (secondary N) is 2. The zero-order valence-electron chi connectivity index (χ0n) is 18.6. The minimum absolute atomic E-state index is 0. The highest BCUT2D eigenvalue weighted by Crippen LogP contribution is 2.23. The molecule has 0 spiro atoms. The highest BCUT2D eigenvalue weighted by molar-refractivity contribution is 14.0. The second-order valence-electron chi connectivity index (χ2n) is 7.91. The summed E-state index contributed by atoms with van der Waals surface area (Å²) in [7, 11) is 5.31. The van der Waals surface area contributed by atoms with E-state index in [1.807, 2.05) is 14.1 Å². The lowest BCUT2D eigenvalue weighted by molar-refractivity contribution is 0.00752. The fraction of sp³-hybridized carbons (Fsp3) is 0.667. The van der Waals surface area contributed by atoms with Gasteiger partial charge >= 0.3 is 0 Å². The van der Waals surface area contributed by atoms with Gasteiger partial charge in [-0.3, -0.25) is 9.89 Å². The minimum Gasteiger partial charge on any atom is -0.379 e. The number of likely N-dealkylation sites (N-methyl/N-ethyl adjacent to an activating group) is 1. The number of ether oxygens (including phenoxy) is 1. The second kappa shape index (κ2) is 13.4. The van der Waals surface area contributed by atoms with Crippen molar-refractivity contribution in [2.75, 3.05) is 60.5 Å². The summed E-state index contributed by atoms with van der Waals surface area (Å²) in [6.07, 6.45) is 0. The first-order valence-corrected chi connectivity index (χ1v) is 10.2. The minimum atomic E-state index is -0.541. The van der Waals surface area contributed by atoms with Crippen LogP contribution in [-0.4, -0.2) is 82.3 Å². The first-order chi connectivity index (χ1) is 13.8. The van der Waals surface area contributed by atoms with Crippen molar-refractivity contribution in [3.63, 3.8) is 0 Å². The lowest BCUT2D eigenvalue weighted by Gasteiger charge is -2.37. The van der Waals surface area contributed by atoms with Crippen LogP contribution in [0.25, 0.3) is 0 Å². The maximum absolute atomic E-state index is 14.3. The molecule has 1 aromatic carbocycles. The number of benzene rings is 1. The summed E-state index contributed by atoms with van der Waals surface area (Å²) in [5, 5.41) is 6.60. The van der Waals surface area contributed by atoms with Gasteiger partial charge in [-0.25, -0.2) is 8.78 Å². The molecule has 2 rings (SSSR count). The number of hydrogen-bond donors (Lipinski definition) is 2. The van der Waals surface area contributed by atoms with Gasteiger partial charge in [0.1, 0.15) is 11.6 Å². The van der Waals surface area contributed by atoms with Gasteiger partial charge in [0.15, 0.2) is 5.96 Å². The van der Waals surface area contributed by atoms with Crippen molar-refractivity contribution in [2.45, 2.75) is 25.9 Å². The van der Waals surface area contributed by atoms with Crippen molar-refractivity contribution in [1.29, 1.82) is 0 Å². The van der Waals surface area contributed by atoms with Crippen LogP contribution < -0.4 is 10.6 Å². The smallest absolute Gasteiger partial charge is 0.191 e. The number of aliphatic imine (C=N–C) groups is 1. The Morgan fingerprint density at radius 1 is 1.13 bits per heavy atom. The predicted octanol–water partition coefficient (Wildman–Crippen LogP) is 2.71. The molecule has 1 aliphatic heterocycles. The number of halogens is 3. The number of hydrogen-bond acceptors (Lipinski definition) is 4. The molecule has 172 valence electrons. The quantitative estimate of drug-likeness (QED) is 0.303. The fourth-order valence-corrected chi connectivity index (χ4v) is 3.68. The Hall–Kier alpha value is -1.04. The molecular formula is C21H36F2IN5O. The van der Waals surface area contributed by atoms with Crippen molar-refractivity contribution in [3.8, 4) is 0 Å². The van der Waals surface area contributed by atoms with Crippen LogP contribution in [0, 0.1) is 17.6 Å². The van der Waals surface area contributed by atoms with Crippen LogP contribution in [0.4, 0.5) is 8.78 Å². The van der Waals surface area contributed by atoms with Gasteiger partial charge in [0.2, 0.25) is 0 Å². The second-order valence-corrected chi connectivity index (χ2v) is 7.91. The SMILES string of the molecule is CN=C(NCC(c1c(F)cccc1F)N(C)C)NCC(C(C)C)N1CCOCC1.I. The fourth-order valence-electron chi connectivity index (χ4n) is 3.68. The van der Waals surface area contributed by atoms with Crippen molar-refractivity contribution in [1.82, 2.24) is 20.4 Å². The maximum Gasteiger partial charge on any atom is 0.191 e. The summed E-state index contributed by atoms with van der Waals surface area (Å²) in [6.45, 7) is 8.84. The Balaban J connectivity index is 0.00000450. The molecule has 0 bridgehead atoms. The van der Waals surface area contributed by atoms with Crippen LogP contribution in [-0.2, 0) is 4.74 Å². The molecule has 0 amide bonds. The summed E-state index contributed by atoms with van der Waals surface area (Å²) in [5.74, 6) is 0.00881. The number of rotatable bonds is 8. The molecule has 0 saturated carbocycles. The molecule has 2 atom stereocenters. The van der Waals surface area contributed by atoms with E-state index < -0.39 is 17.7 Å². The monoisotopic (exact) mass is 539 g/mol. The third-order valence-corrected chi connectivity index (χ3v) is 5.41. The Labute approximate surface area is 196 Å². The lowest BCUT2D eigenvalue weighted by atomic mass is 10.0. The summed E-state index contributed by atoms with van der Waals surface area (Å²) in [4.78, 5) is 8.51. The standard InChI is InChI=1S/C21H35F2N5O.HI/c1-15(2)18(28-9-11-29-12-10-28)13-25-21(24-3)26-14-19(27(4)5)20-16(22)7-6-8-17(20)23;/h6-8,15,18-19H,9-14H2,1-5H3,(H2,24,25,26);1H. The molecular weight excluding hydrogens is 503 g/mol. The van der Waals surface area contributed by atoms with Crippen LogP contribution in [0.2, 0.25) is 0 Å². The van der Waals surface area contributed by atoms with Crippen LogP contribution in [0.3, 0.4) is 0 Å².